The number of halogens is 1. The molecule has 32 heavy (non-hydrogen) atoms. The lowest BCUT2D eigenvalue weighted by molar-refractivity contribution is -0.132. The van der Waals surface area contributed by atoms with E-state index < -0.39 is 0 Å². The van der Waals surface area contributed by atoms with E-state index in [-0.39, 0.29) is 18.3 Å². The Kier molecular flexibility index (Phi) is 5.31. The molecule has 0 N–H and O–H groups in total. The first kappa shape index (κ1) is 20.2. The van der Waals surface area contributed by atoms with Gasteiger partial charge in [-0.2, -0.15) is 5.10 Å². The highest BCUT2D eigenvalue weighted by Gasteiger charge is 2.22. The lowest BCUT2D eigenvalue weighted by atomic mass is 10.00. The number of nitrogens with zero attached hydrogens (tertiary/aromatic N) is 3. The first-order chi connectivity index (χ1) is 15.6. The largest absolute Gasteiger partial charge is 0.336 e. The molecule has 1 aliphatic heterocycles. The van der Waals surface area contributed by atoms with Gasteiger partial charge in [-0.1, -0.05) is 54.6 Å². The lowest BCUT2D eigenvalue weighted by Gasteiger charge is -2.29. The average Bonchev–Trinajstić information content (AvgIpc) is 3.24. The summed E-state index contributed by atoms with van der Waals surface area (Å²) in [7, 11) is 0. The summed E-state index contributed by atoms with van der Waals surface area (Å²) in [5.41, 5.74) is 6.51. The maximum absolute atomic E-state index is 13.8. The third-order valence-corrected chi connectivity index (χ3v) is 6.07. The fourth-order valence-corrected chi connectivity index (χ4v) is 4.26. The molecule has 0 spiro atoms. The molecule has 160 valence electrons. The molecule has 2 heterocycles. The molecule has 5 rings (SSSR count). The summed E-state index contributed by atoms with van der Waals surface area (Å²) in [4.78, 5) is 15.1. The van der Waals surface area contributed by atoms with Crippen LogP contribution in [0.25, 0.3) is 22.5 Å². The fourth-order valence-electron chi connectivity index (χ4n) is 4.26. The number of amides is 1. The molecule has 1 aliphatic rings. The third kappa shape index (κ3) is 3.94. The summed E-state index contributed by atoms with van der Waals surface area (Å²) < 4.78 is 15.5. The van der Waals surface area contributed by atoms with Crippen molar-refractivity contribution >= 4 is 5.91 Å². The van der Waals surface area contributed by atoms with Gasteiger partial charge in [-0.15, -0.1) is 0 Å². The topological polar surface area (TPSA) is 38.1 Å². The number of benzene rings is 3. The standard InChI is InChI=1S/C27H24FN3O/c1-19-15-22(11-12-24(19)28)25-16-26(21-8-3-2-4-9-21)31(29-25)18-27(32)30-14-13-20-7-5-6-10-23(20)17-30/h2-12,15-16H,13-14,17-18H2,1H3. The van der Waals surface area contributed by atoms with Crippen LogP contribution in [-0.4, -0.2) is 27.1 Å². The molecule has 0 atom stereocenters. The minimum Gasteiger partial charge on any atom is -0.336 e. The van der Waals surface area contributed by atoms with E-state index in [1.807, 2.05) is 53.4 Å². The van der Waals surface area contributed by atoms with E-state index >= 15 is 0 Å². The van der Waals surface area contributed by atoms with Crippen LogP contribution < -0.4 is 0 Å². The van der Waals surface area contributed by atoms with Crippen LogP contribution in [0.15, 0.2) is 78.9 Å². The Morgan fingerprint density at radius 3 is 2.47 bits per heavy atom. The van der Waals surface area contributed by atoms with Crippen LogP contribution in [0.2, 0.25) is 0 Å². The summed E-state index contributed by atoms with van der Waals surface area (Å²) in [6, 6.07) is 25.2. The van der Waals surface area contributed by atoms with Gasteiger partial charge in [0.15, 0.2) is 0 Å². The highest BCUT2D eigenvalue weighted by Crippen LogP contribution is 2.28. The van der Waals surface area contributed by atoms with Crippen LogP contribution in [0.4, 0.5) is 4.39 Å². The molecule has 5 heteroatoms. The Morgan fingerprint density at radius 1 is 0.938 bits per heavy atom. The van der Waals surface area contributed by atoms with E-state index in [0.29, 0.717) is 18.7 Å². The summed E-state index contributed by atoms with van der Waals surface area (Å²) in [6.45, 7) is 3.24. The Bertz CT molecular complexity index is 1280. The van der Waals surface area contributed by atoms with Crippen molar-refractivity contribution in [2.24, 2.45) is 0 Å². The van der Waals surface area contributed by atoms with E-state index in [0.717, 1.165) is 28.9 Å². The first-order valence-electron chi connectivity index (χ1n) is 10.8. The summed E-state index contributed by atoms with van der Waals surface area (Å²) >= 11 is 0. The molecule has 1 aromatic heterocycles. The van der Waals surface area contributed by atoms with Gasteiger partial charge >= 0.3 is 0 Å². The van der Waals surface area contributed by atoms with Crippen molar-refractivity contribution in [1.29, 1.82) is 0 Å². The van der Waals surface area contributed by atoms with Gasteiger partial charge in [-0.25, -0.2) is 4.39 Å². The summed E-state index contributed by atoms with van der Waals surface area (Å²) in [6.07, 6.45) is 0.868. The molecule has 1 amide bonds. The van der Waals surface area contributed by atoms with E-state index in [1.165, 1.54) is 17.2 Å². The van der Waals surface area contributed by atoms with E-state index in [2.05, 4.69) is 12.1 Å². The van der Waals surface area contributed by atoms with Crippen LogP contribution >= 0.6 is 0 Å². The SMILES string of the molecule is Cc1cc(-c2cc(-c3ccccc3)n(CC(=O)N3CCc4ccccc4C3)n2)ccc1F. The smallest absolute Gasteiger partial charge is 0.244 e. The monoisotopic (exact) mass is 425 g/mol. The second-order valence-corrected chi connectivity index (χ2v) is 8.24. The maximum Gasteiger partial charge on any atom is 0.244 e. The highest BCUT2D eigenvalue weighted by molar-refractivity contribution is 5.78. The van der Waals surface area contributed by atoms with Gasteiger partial charge in [0.2, 0.25) is 5.91 Å². The molecule has 4 aromatic rings. The second-order valence-electron chi connectivity index (χ2n) is 8.24. The zero-order valence-corrected chi connectivity index (χ0v) is 18.0. The van der Waals surface area contributed by atoms with Gasteiger partial charge in [0, 0.05) is 18.7 Å². The number of carbonyl (C=O) groups excluding carboxylic acids is 1. The van der Waals surface area contributed by atoms with Crippen LogP contribution in [0, 0.1) is 12.7 Å². The third-order valence-electron chi connectivity index (χ3n) is 6.07. The average molecular weight is 426 g/mol. The summed E-state index contributed by atoms with van der Waals surface area (Å²) in [5.74, 6) is -0.196. The molecular formula is C27H24FN3O. The highest BCUT2D eigenvalue weighted by atomic mass is 19.1. The predicted molar refractivity (Wildman–Crippen MR) is 123 cm³/mol. The molecule has 4 nitrogen and oxygen atoms in total. The molecule has 0 saturated heterocycles. The molecular weight excluding hydrogens is 401 g/mol. The van der Waals surface area contributed by atoms with Crippen molar-refractivity contribution < 1.29 is 9.18 Å². The molecule has 0 radical (unpaired) electrons. The van der Waals surface area contributed by atoms with Gasteiger partial charge in [-0.05, 0) is 59.9 Å². The molecule has 0 unspecified atom stereocenters. The number of rotatable bonds is 4. The van der Waals surface area contributed by atoms with Crippen molar-refractivity contribution in [3.8, 4) is 22.5 Å². The van der Waals surface area contributed by atoms with Crippen LogP contribution in [0.1, 0.15) is 16.7 Å². The van der Waals surface area contributed by atoms with Gasteiger partial charge < -0.3 is 4.90 Å². The molecule has 0 saturated carbocycles. The fraction of sp³-hybridized carbons (Fsp3) is 0.185. The van der Waals surface area contributed by atoms with Crippen LogP contribution in [-0.2, 0) is 24.3 Å². The van der Waals surface area contributed by atoms with Crippen molar-refractivity contribution in [1.82, 2.24) is 14.7 Å². The van der Waals surface area contributed by atoms with E-state index in [1.54, 1.807) is 23.7 Å². The van der Waals surface area contributed by atoms with Gasteiger partial charge in [0.25, 0.3) is 0 Å². The van der Waals surface area contributed by atoms with Gasteiger partial charge in [0.1, 0.15) is 12.4 Å². The summed E-state index contributed by atoms with van der Waals surface area (Å²) in [5, 5.41) is 4.75. The number of hydrogen-bond acceptors (Lipinski definition) is 2. The zero-order chi connectivity index (χ0) is 22.1. The quantitative estimate of drug-likeness (QED) is 0.448. The first-order valence-corrected chi connectivity index (χ1v) is 10.8. The van der Waals surface area contributed by atoms with Crippen LogP contribution in [0.3, 0.4) is 0 Å². The van der Waals surface area contributed by atoms with Gasteiger partial charge in [-0.3, -0.25) is 9.48 Å². The van der Waals surface area contributed by atoms with Crippen molar-refractivity contribution in [3.05, 3.63) is 101 Å². The number of fused-ring (bicyclic) bond motifs is 1. The Labute approximate surface area is 186 Å². The number of aryl methyl sites for hydroxylation is 1. The van der Waals surface area contributed by atoms with Crippen molar-refractivity contribution in [2.75, 3.05) is 6.54 Å². The Morgan fingerprint density at radius 2 is 1.69 bits per heavy atom. The van der Waals surface area contributed by atoms with Crippen LogP contribution in [0.5, 0.6) is 0 Å². The lowest BCUT2D eigenvalue weighted by Crippen LogP contribution is -2.38. The minimum atomic E-state index is -0.239. The molecule has 0 fully saturated rings. The number of hydrogen-bond donors (Lipinski definition) is 0. The maximum atomic E-state index is 13.8. The second kappa shape index (κ2) is 8.42. The number of carbonyl (C=O) groups is 1. The molecule has 0 aliphatic carbocycles. The molecule has 3 aromatic carbocycles. The number of aromatic nitrogens is 2. The van der Waals surface area contributed by atoms with E-state index in [4.69, 9.17) is 5.10 Å². The molecule has 0 bridgehead atoms. The zero-order valence-electron chi connectivity index (χ0n) is 18.0. The van der Waals surface area contributed by atoms with Crippen molar-refractivity contribution in [3.63, 3.8) is 0 Å². The van der Waals surface area contributed by atoms with Gasteiger partial charge in [0.05, 0.1) is 11.4 Å². The van der Waals surface area contributed by atoms with E-state index in [9.17, 15) is 9.18 Å². The van der Waals surface area contributed by atoms with Crippen molar-refractivity contribution in [2.45, 2.75) is 26.4 Å². The minimum absolute atomic E-state index is 0.0432. The Hall–Kier alpha value is -3.73. The Balaban J connectivity index is 1.46. The predicted octanol–water partition coefficient (Wildman–Crippen LogP) is 5.25. The normalized spacial score (nSPS) is 13.1.